The number of aromatic nitrogens is 1. The molecule has 3 aromatic rings. The van der Waals surface area contributed by atoms with Gasteiger partial charge in [0.15, 0.2) is 5.57 Å². The average Bonchev–Trinajstić information content (AvgIpc) is 2.97. The molecule has 0 bridgehead atoms. The topological polar surface area (TPSA) is 69.6 Å². The van der Waals surface area contributed by atoms with Gasteiger partial charge in [0.2, 0.25) is 0 Å². The van der Waals surface area contributed by atoms with E-state index in [4.69, 9.17) is 23.2 Å². The molecular weight excluding hydrogens is 413 g/mol. The molecule has 0 N–H and O–H groups in total. The molecule has 1 aromatic heterocycles. The Kier molecular flexibility index (Phi) is 5.72. The van der Waals surface area contributed by atoms with Crippen LogP contribution >= 0.6 is 34.5 Å². The summed E-state index contributed by atoms with van der Waals surface area (Å²) in [4.78, 5) is 13.3. The summed E-state index contributed by atoms with van der Waals surface area (Å²) in [5.74, 6) is 0. The van der Waals surface area contributed by atoms with E-state index in [0.29, 0.717) is 25.8 Å². The van der Waals surface area contributed by atoms with Crippen LogP contribution in [0.2, 0.25) is 10.0 Å². The van der Waals surface area contributed by atoms with Gasteiger partial charge < -0.3 is 0 Å². The maximum atomic E-state index is 13.3. The van der Waals surface area contributed by atoms with E-state index in [1.54, 1.807) is 24.3 Å². The van der Waals surface area contributed by atoms with Crippen LogP contribution in [0.3, 0.4) is 0 Å². The molecular formula is C21H13Cl2N3OS. The standard InChI is InChI=1S/C21H13Cl2N3OS/c1-12-5-3-6-13(2)19(12)26-20(27)17(28-21(26)15(10-24)11-25)9-14-7-4-8-16(22)18(14)23/h3-9H,1-2H3/b17-9+. The van der Waals surface area contributed by atoms with E-state index in [2.05, 4.69) is 0 Å². The van der Waals surface area contributed by atoms with Gasteiger partial charge in [-0.2, -0.15) is 10.5 Å². The van der Waals surface area contributed by atoms with Crippen molar-refractivity contribution >= 4 is 46.2 Å². The number of halogens is 2. The first-order valence-electron chi connectivity index (χ1n) is 8.17. The molecule has 0 aliphatic rings. The predicted octanol–water partition coefficient (Wildman–Crippen LogP) is 3.85. The maximum Gasteiger partial charge on any atom is 0.273 e. The Balaban J connectivity index is 2.50. The van der Waals surface area contributed by atoms with E-state index >= 15 is 0 Å². The lowest BCUT2D eigenvalue weighted by Crippen LogP contribution is -2.31. The van der Waals surface area contributed by atoms with Crippen LogP contribution in [-0.2, 0) is 0 Å². The third-order valence-electron chi connectivity index (χ3n) is 4.19. The Hall–Kier alpha value is -2.83. The fourth-order valence-corrected chi connectivity index (χ4v) is 4.30. The molecule has 7 heteroatoms. The summed E-state index contributed by atoms with van der Waals surface area (Å²) < 4.78 is 2.07. The van der Waals surface area contributed by atoms with E-state index < -0.39 is 0 Å². The van der Waals surface area contributed by atoms with Crippen LogP contribution in [0.15, 0.2) is 41.2 Å². The average molecular weight is 426 g/mol. The lowest BCUT2D eigenvalue weighted by atomic mass is 10.1. The number of nitrogens with zero attached hydrogens (tertiary/aromatic N) is 3. The number of para-hydroxylation sites is 1. The zero-order valence-electron chi connectivity index (χ0n) is 15.0. The number of nitriles is 2. The fourth-order valence-electron chi connectivity index (χ4n) is 2.91. The minimum Gasteiger partial charge on any atom is -0.267 e. The molecule has 1 heterocycles. The van der Waals surface area contributed by atoms with Crippen LogP contribution in [0.4, 0.5) is 0 Å². The first kappa shape index (κ1) is 19.9. The van der Waals surface area contributed by atoms with Gasteiger partial charge in [-0.05, 0) is 42.7 Å². The molecule has 0 atom stereocenters. The zero-order chi connectivity index (χ0) is 20.4. The second-order valence-electron chi connectivity index (χ2n) is 6.04. The van der Waals surface area contributed by atoms with Crippen molar-refractivity contribution in [1.82, 2.24) is 4.57 Å². The van der Waals surface area contributed by atoms with E-state index in [0.717, 1.165) is 22.5 Å². The van der Waals surface area contributed by atoms with Gasteiger partial charge in [-0.15, -0.1) is 11.3 Å². The Morgan fingerprint density at radius 1 is 1.07 bits per heavy atom. The molecule has 0 aliphatic carbocycles. The number of aryl methyl sites for hydroxylation is 2. The third-order valence-corrected chi connectivity index (χ3v) is 6.12. The van der Waals surface area contributed by atoms with Gasteiger partial charge in [-0.25, -0.2) is 0 Å². The van der Waals surface area contributed by atoms with E-state index in [1.165, 1.54) is 4.57 Å². The molecule has 0 saturated carbocycles. The van der Waals surface area contributed by atoms with Gasteiger partial charge in [0.05, 0.1) is 20.3 Å². The number of thiazole rings is 1. The molecule has 0 unspecified atom stereocenters. The van der Waals surface area contributed by atoms with Crippen LogP contribution in [0.25, 0.3) is 17.3 Å². The van der Waals surface area contributed by atoms with Crippen LogP contribution in [0, 0.1) is 36.5 Å². The van der Waals surface area contributed by atoms with Crippen LogP contribution in [0.1, 0.15) is 16.7 Å². The molecule has 2 aromatic carbocycles. The van der Waals surface area contributed by atoms with Crippen molar-refractivity contribution in [3.63, 3.8) is 0 Å². The normalized spacial score (nSPS) is 11.1. The summed E-state index contributed by atoms with van der Waals surface area (Å²) in [5, 5.41) is 19.5. The summed E-state index contributed by atoms with van der Waals surface area (Å²) in [6.07, 6.45) is 1.63. The number of hydrogen-bond acceptors (Lipinski definition) is 4. The van der Waals surface area contributed by atoms with E-state index in [9.17, 15) is 15.3 Å². The molecule has 0 amide bonds. The summed E-state index contributed by atoms with van der Waals surface area (Å²) in [6, 6.07) is 14.6. The Bertz CT molecular complexity index is 1320. The van der Waals surface area contributed by atoms with Crippen molar-refractivity contribution in [3.05, 3.63) is 82.7 Å². The van der Waals surface area contributed by atoms with Gasteiger partial charge in [0.25, 0.3) is 5.56 Å². The van der Waals surface area contributed by atoms with E-state index in [-0.39, 0.29) is 15.8 Å². The first-order valence-corrected chi connectivity index (χ1v) is 9.75. The van der Waals surface area contributed by atoms with Crippen molar-refractivity contribution in [2.75, 3.05) is 0 Å². The van der Waals surface area contributed by atoms with E-state index in [1.807, 2.05) is 44.2 Å². The van der Waals surface area contributed by atoms with Gasteiger partial charge in [-0.3, -0.25) is 9.36 Å². The highest BCUT2D eigenvalue weighted by atomic mass is 35.5. The monoisotopic (exact) mass is 425 g/mol. The molecule has 0 saturated heterocycles. The number of benzene rings is 2. The molecule has 0 spiro atoms. The fraction of sp³-hybridized carbons (Fsp3) is 0.0952. The molecule has 3 rings (SSSR count). The van der Waals surface area contributed by atoms with Crippen LogP contribution in [0.5, 0.6) is 0 Å². The first-order chi connectivity index (χ1) is 13.4. The zero-order valence-corrected chi connectivity index (χ0v) is 17.3. The molecule has 28 heavy (non-hydrogen) atoms. The summed E-state index contributed by atoms with van der Waals surface area (Å²) in [7, 11) is 0. The summed E-state index contributed by atoms with van der Waals surface area (Å²) in [6.45, 7) is 3.76. The molecule has 0 fully saturated rings. The highest BCUT2D eigenvalue weighted by Crippen LogP contribution is 2.25. The Morgan fingerprint density at radius 3 is 2.29 bits per heavy atom. The van der Waals surface area contributed by atoms with Gasteiger partial charge >= 0.3 is 0 Å². The smallest absolute Gasteiger partial charge is 0.267 e. The Morgan fingerprint density at radius 2 is 1.68 bits per heavy atom. The largest absolute Gasteiger partial charge is 0.273 e. The quantitative estimate of drug-likeness (QED) is 0.625. The predicted molar refractivity (Wildman–Crippen MR) is 113 cm³/mol. The molecule has 4 nitrogen and oxygen atoms in total. The van der Waals surface area contributed by atoms with Crippen molar-refractivity contribution in [3.8, 4) is 17.8 Å². The second-order valence-corrected chi connectivity index (χ2v) is 7.85. The second kappa shape index (κ2) is 8.04. The van der Waals surface area contributed by atoms with Gasteiger partial charge in [0.1, 0.15) is 16.8 Å². The molecule has 0 radical (unpaired) electrons. The van der Waals surface area contributed by atoms with Crippen molar-refractivity contribution in [2.24, 2.45) is 0 Å². The van der Waals surface area contributed by atoms with Crippen LogP contribution in [-0.4, -0.2) is 4.57 Å². The lowest BCUT2D eigenvalue weighted by Gasteiger charge is -2.10. The summed E-state index contributed by atoms with van der Waals surface area (Å²) >= 11 is 13.4. The van der Waals surface area contributed by atoms with Crippen LogP contribution < -0.4 is 14.8 Å². The molecule has 138 valence electrons. The highest BCUT2D eigenvalue weighted by Gasteiger charge is 2.15. The number of rotatable bonds is 2. The van der Waals surface area contributed by atoms with Gasteiger partial charge in [0, 0.05) is 0 Å². The van der Waals surface area contributed by atoms with Gasteiger partial charge in [-0.1, -0.05) is 53.5 Å². The minimum absolute atomic E-state index is 0.124. The number of hydrogen-bond donors (Lipinski definition) is 0. The highest BCUT2D eigenvalue weighted by molar-refractivity contribution is 7.07. The lowest BCUT2D eigenvalue weighted by molar-refractivity contribution is 0.962. The third kappa shape index (κ3) is 3.48. The van der Waals surface area contributed by atoms with Crippen molar-refractivity contribution in [1.29, 1.82) is 10.5 Å². The SMILES string of the molecule is Cc1cccc(C)c1-n1c(=C(C#N)C#N)s/c(=C/c2cccc(Cl)c2Cl)c1=O. The molecule has 0 aliphatic heterocycles. The minimum atomic E-state index is -0.323. The summed E-state index contributed by atoms with van der Waals surface area (Å²) in [5.41, 5.74) is 2.53. The van der Waals surface area contributed by atoms with Crippen molar-refractivity contribution < 1.29 is 0 Å². The van der Waals surface area contributed by atoms with Crippen molar-refractivity contribution in [2.45, 2.75) is 13.8 Å². The Labute approximate surface area is 175 Å². The maximum absolute atomic E-state index is 13.3.